The summed E-state index contributed by atoms with van der Waals surface area (Å²) in [6.45, 7) is 3.79. The van der Waals surface area contributed by atoms with E-state index < -0.39 is 0 Å². The number of nitrogens with one attached hydrogen (secondary N) is 1. The molecule has 1 fully saturated rings. The molecule has 4 rings (SSSR count). The molecule has 7 heteroatoms. The molecule has 0 unspecified atom stereocenters. The van der Waals surface area contributed by atoms with Crippen molar-refractivity contribution in [2.45, 2.75) is 39.2 Å². The predicted octanol–water partition coefficient (Wildman–Crippen LogP) is 4.38. The number of carbonyl (C=O) groups is 1. The average Bonchev–Trinajstić information content (AvgIpc) is 3.50. The number of rotatable bonds is 6. The van der Waals surface area contributed by atoms with E-state index in [9.17, 15) is 20.1 Å². The normalized spacial score (nSPS) is 13.6. The van der Waals surface area contributed by atoms with Gasteiger partial charge in [-0.05, 0) is 41.5 Å². The quantitative estimate of drug-likeness (QED) is 0.481. The number of aromatic nitrogens is 1. The molecule has 4 N–H and O–H groups in total. The highest BCUT2D eigenvalue weighted by atomic mass is 16.5. The fraction of sp³-hybridized carbons (Fsp3) is 0.304. The lowest BCUT2D eigenvalue weighted by atomic mass is 9.94. The van der Waals surface area contributed by atoms with E-state index in [0.717, 1.165) is 18.4 Å². The number of aliphatic hydroxyl groups excluding tert-OH is 1. The lowest BCUT2D eigenvalue weighted by Crippen LogP contribution is -2.13. The van der Waals surface area contributed by atoms with E-state index in [0.29, 0.717) is 27.9 Å². The Kier molecular flexibility index (Phi) is 5.22. The van der Waals surface area contributed by atoms with Crippen LogP contribution in [0.2, 0.25) is 0 Å². The molecule has 2 aromatic carbocycles. The second-order valence-corrected chi connectivity index (χ2v) is 7.94. The van der Waals surface area contributed by atoms with Crippen LogP contribution in [0.15, 0.2) is 40.9 Å². The molecule has 1 heterocycles. The highest BCUT2D eigenvalue weighted by molar-refractivity contribution is 5.99. The summed E-state index contributed by atoms with van der Waals surface area (Å²) in [5.41, 5.74) is 3.41. The molecule has 0 spiro atoms. The zero-order valence-electron chi connectivity index (χ0n) is 16.8. The van der Waals surface area contributed by atoms with Crippen LogP contribution in [0.25, 0.3) is 22.4 Å². The molecule has 1 saturated carbocycles. The maximum Gasteiger partial charge on any atom is 0.239 e. The van der Waals surface area contributed by atoms with E-state index in [1.807, 2.05) is 13.8 Å². The minimum atomic E-state index is -0.140. The molecular formula is C23H24N2O5. The molecule has 0 bridgehead atoms. The van der Waals surface area contributed by atoms with Crippen molar-refractivity contribution in [2.75, 3.05) is 5.32 Å². The summed E-state index contributed by atoms with van der Waals surface area (Å²) in [6, 6.07) is 10.1. The summed E-state index contributed by atoms with van der Waals surface area (Å²) in [7, 11) is 0. The molecule has 7 nitrogen and oxygen atoms in total. The van der Waals surface area contributed by atoms with Crippen LogP contribution < -0.4 is 5.32 Å². The first-order valence-electron chi connectivity index (χ1n) is 9.96. The van der Waals surface area contributed by atoms with Gasteiger partial charge in [-0.3, -0.25) is 10.1 Å². The van der Waals surface area contributed by atoms with E-state index in [-0.39, 0.29) is 41.7 Å². The maximum atomic E-state index is 12.3. The van der Waals surface area contributed by atoms with Gasteiger partial charge >= 0.3 is 0 Å². The van der Waals surface area contributed by atoms with Crippen molar-refractivity contribution in [3.63, 3.8) is 0 Å². The number of anilines is 1. The SMILES string of the molecule is CC(C)c1cc(-c2noc(NC(=O)C3CC3)c2-c2ccc(CO)cc2)c(O)cc1O. The number of benzene rings is 2. The fourth-order valence-electron chi connectivity index (χ4n) is 3.41. The first-order chi connectivity index (χ1) is 14.4. The number of phenols is 2. The van der Waals surface area contributed by atoms with Crippen LogP contribution in [0.3, 0.4) is 0 Å². The molecule has 0 saturated heterocycles. The van der Waals surface area contributed by atoms with Gasteiger partial charge in [-0.2, -0.15) is 0 Å². The lowest BCUT2D eigenvalue weighted by Gasteiger charge is -2.13. The predicted molar refractivity (Wildman–Crippen MR) is 112 cm³/mol. The van der Waals surface area contributed by atoms with Gasteiger partial charge in [0.1, 0.15) is 17.2 Å². The van der Waals surface area contributed by atoms with Crippen molar-refractivity contribution in [1.29, 1.82) is 0 Å². The van der Waals surface area contributed by atoms with Gasteiger partial charge < -0.3 is 19.8 Å². The molecule has 0 radical (unpaired) electrons. The number of hydrogen-bond donors (Lipinski definition) is 4. The topological polar surface area (TPSA) is 116 Å². The number of aromatic hydroxyl groups is 2. The number of nitrogens with zero attached hydrogens (tertiary/aromatic N) is 1. The highest BCUT2D eigenvalue weighted by Crippen LogP contribution is 2.44. The summed E-state index contributed by atoms with van der Waals surface area (Å²) in [4.78, 5) is 12.3. The Balaban J connectivity index is 1.86. The molecule has 1 aliphatic carbocycles. The van der Waals surface area contributed by atoms with Crippen LogP contribution in [-0.2, 0) is 11.4 Å². The van der Waals surface area contributed by atoms with Crippen LogP contribution in [0.5, 0.6) is 11.5 Å². The maximum absolute atomic E-state index is 12.3. The monoisotopic (exact) mass is 408 g/mol. The number of aliphatic hydroxyl groups is 1. The summed E-state index contributed by atoms with van der Waals surface area (Å²) < 4.78 is 5.49. The Bertz CT molecular complexity index is 1080. The average molecular weight is 408 g/mol. The van der Waals surface area contributed by atoms with Crippen LogP contribution in [0, 0.1) is 5.92 Å². The third-order valence-electron chi connectivity index (χ3n) is 5.32. The van der Waals surface area contributed by atoms with Crippen molar-refractivity contribution in [2.24, 2.45) is 5.92 Å². The molecule has 1 aromatic heterocycles. The Hall–Kier alpha value is -3.32. The van der Waals surface area contributed by atoms with Gasteiger partial charge in [0.05, 0.1) is 12.2 Å². The van der Waals surface area contributed by atoms with Crippen LogP contribution in [0.4, 0.5) is 5.88 Å². The van der Waals surface area contributed by atoms with Crippen LogP contribution in [0.1, 0.15) is 43.7 Å². The lowest BCUT2D eigenvalue weighted by molar-refractivity contribution is -0.117. The molecule has 30 heavy (non-hydrogen) atoms. The van der Waals surface area contributed by atoms with Crippen LogP contribution in [-0.4, -0.2) is 26.4 Å². The highest BCUT2D eigenvalue weighted by Gasteiger charge is 2.32. The summed E-state index contributed by atoms with van der Waals surface area (Å²) in [5.74, 6) is -0.0411. The standard InChI is InChI=1S/C23H24N2O5/c1-12(2)16-9-17(19(28)10-18(16)27)21-20(14-5-3-13(11-26)4-6-14)23(30-25-21)24-22(29)15-7-8-15/h3-6,9-10,12,15,26-28H,7-8,11H2,1-2H3,(H,24,29). The molecular weight excluding hydrogens is 384 g/mol. The number of hydrogen-bond acceptors (Lipinski definition) is 6. The van der Waals surface area contributed by atoms with E-state index in [4.69, 9.17) is 4.52 Å². The fourth-order valence-corrected chi connectivity index (χ4v) is 3.41. The Morgan fingerprint density at radius 3 is 2.47 bits per heavy atom. The van der Waals surface area contributed by atoms with Gasteiger partial charge in [-0.1, -0.05) is 43.3 Å². The van der Waals surface area contributed by atoms with Gasteiger partial charge in [0, 0.05) is 17.5 Å². The minimum absolute atomic E-state index is 0.00542. The molecule has 1 aliphatic rings. The van der Waals surface area contributed by atoms with Gasteiger partial charge in [0.2, 0.25) is 11.8 Å². The molecule has 0 aliphatic heterocycles. The first kappa shape index (κ1) is 20.0. The third-order valence-corrected chi connectivity index (χ3v) is 5.32. The van der Waals surface area contributed by atoms with Crippen molar-refractivity contribution >= 4 is 11.8 Å². The smallest absolute Gasteiger partial charge is 0.239 e. The van der Waals surface area contributed by atoms with Gasteiger partial charge in [0.15, 0.2) is 0 Å². The molecule has 1 amide bonds. The van der Waals surface area contributed by atoms with E-state index >= 15 is 0 Å². The first-order valence-corrected chi connectivity index (χ1v) is 9.96. The largest absolute Gasteiger partial charge is 0.508 e. The number of amides is 1. The zero-order valence-corrected chi connectivity index (χ0v) is 16.8. The van der Waals surface area contributed by atoms with Crippen molar-refractivity contribution in [3.8, 4) is 33.9 Å². The number of phenolic OH excluding ortho intramolecular Hbond substituents is 2. The van der Waals surface area contributed by atoms with Crippen molar-refractivity contribution in [1.82, 2.24) is 5.16 Å². The molecule has 0 atom stereocenters. The summed E-state index contributed by atoms with van der Waals surface area (Å²) in [6.07, 6.45) is 1.70. The van der Waals surface area contributed by atoms with E-state index in [1.54, 1.807) is 30.3 Å². The van der Waals surface area contributed by atoms with Crippen molar-refractivity contribution in [3.05, 3.63) is 47.5 Å². The Morgan fingerprint density at radius 2 is 1.87 bits per heavy atom. The second-order valence-electron chi connectivity index (χ2n) is 7.94. The second kappa shape index (κ2) is 7.84. The molecule has 3 aromatic rings. The molecule has 156 valence electrons. The summed E-state index contributed by atoms with van der Waals surface area (Å²) in [5, 5.41) is 37.0. The summed E-state index contributed by atoms with van der Waals surface area (Å²) >= 11 is 0. The third kappa shape index (κ3) is 3.76. The Morgan fingerprint density at radius 1 is 1.17 bits per heavy atom. The van der Waals surface area contributed by atoms with Crippen molar-refractivity contribution < 1.29 is 24.6 Å². The van der Waals surface area contributed by atoms with Gasteiger partial charge in [0.25, 0.3) is 0 Å². The van der Waals surface area contributed by atoms with Crippen LogP contribution >= 0.6 is 0 Å². The zero-order chi connectivity index (χ0) is 21.4. The minimum Gasteiger partial charge on any atom is -0.508 e. The number of carbonyl (C=O) groups excluding carboxylic acids is 1. The van der Waals surface area contributed by atoms with Gasteiger partial charge in [-0.15, -0.1) is 0 Å². The van der Waals surface area contributed by atoms with Gasteiger partial charge in [-0.25, -0.2) is 0 Å². The van der Waals surface area contributed by atoms with E-state index in [2.05, 4.69) is 10.5 Å². The van der Waals surface area contributed by atoms with E-state index in [1.165, 1.54) is 6.07 Å². The Labute approximate surface area is 174 Å².